The van der Waals surface area contributed by atoms with Crippen molar-refractivity contribution >= 4 is 5.97 Å². The largest absolute Gasteiger partial charge is 0.478 e. The molecule has 0 saturated carbocycles. The minimum Gasteiger partial charge on any atom is -0.478 e. The first-order valence-corrected chi connectivity index (χ1v) is 2.61. The number of hydrogen-bond donors (Lipinski definition) is 5. The maximum absolute atomic E-state index is 10.1. The lowest BCUT2D eigenvalue weighted by Gasteiger charge is -2.20. The van der Waals surface area contributed by atoms with E-state index >= 15 is 0 Å². The third kappa shape index (κ3) is 1.92. The molecule has 10 heavy (non-hydrogen) atoms. The highest BCUT2D eigenvalue weighted by atomic mass is 16.4. The number of aliphatic hydroxyl groups is 2. The summed E-state index contributed by atoms with van der Waals surface area (Å²) in [6.45, 7) is -0.451. The summed E-state index contributed by atoms with van der Waals surface area (Å²) in [6, 6.07) is 0. The van der Waals surface area contributed by atoms with Crippen molar-refractivity contribution in [3.05, 3.63) is 0 Å². The van der Waals surface area contributed by atoms with Crippen LogP contribution in [0.1, 0.15) is 6.42 Å². The molecule has 1 atom stereocenters. The predicted molar refractivity (Wildman–Crippen MR) is 31.6 cm³/mol. The molecule has 6 N–H and O–H groups in total. The number of aliphatic hydroxyl groups excluding tert-OH is 1. The number of hydrogen-bond acceptors (Lipinski definition) is 5. The van der Waals surface area contributed by atoms with Crippen LogP contribution in [0.15, 0.2) is 0 Å². The first-order chi connectivity index (χ1) is 4.56. The molecule has 6 heteroatoms. The van der Waals surface area contributed by atoms with Crippen molar-refractivity contribution in [2.75, 3.05) is 6.61 Å². The van der Waals surface area contributed by atoms with Gasteiger partial charge in [-0.1, -0.05) is 0 Å². The third-order valence-corrected chi connectivity index (χ3v) is 1.07. The molecule has 0 unspecified atom stereocenters. The second kappa shape index (κ2) is 3.47. The van der Waals surface area contributed by atoms with Crippen LogP contribution in [0.2, 0.25) is 0 Å². The summed E-state index contributed by atoms with van der Waals surface area (Å²) < 4.78 is 0. The van der Waals surface area contributed by atoms with E-state index in [0.29, 0.717) is 0 Å². The standard InChI is InChI=1S/C4H10N2O4/c5-6-4(10,1-2-7)3(8)9/h6-7,10H,1-2,5H2,(H,8,9)/t4-/m1/s1. The van der Waals surface area contributed by atoms with Crippen molar-refractivity contribution in [1.29, 1.82) is 0 Å². The summed E-state index contributed by atoms with van der Waals surface area (Å²) in [5.41, 5.74) is -0.539. The van der Waals surface area contributed by atoms with Gasteiger partial charge in [-0.2, -0.15) is 0 Å². The number of carboxylic acid groups (broad SMARTS) is 1. The Bertz CT molecular complexity index is 128. The average Bonchev–Trinajstić information content (AvgIpc) is 1.88. The Morgan fingerprint density at radius 2 is 2.20 bits per heavy atom. The van der Waals surface area contributed by atoms with E-state index in [1.807, 2.05) is 0 Å². The van der Waals surface area contributed by atoms with Crippen LogP contribution in [0, 0.1) is 0 Å². The quantitative estimate of drug-likeness (QED) is 0.173. The predicted octanol–water partition coefficient (Wildman–Crippen LogP) is -2.39. The minimum absolute atomic E-state index is 0.348. The van der Waals surface area contributed by atoms with E-state index in [2.05, 4.69) is 0 Å². The van der Waals surface area contributed by atoms with E-state index in [0.717, 1.165) is 0 Å². The van der Waals surface area contributed by atoms with E-state index in [1.165, 1.54) is 0 Å². The number of carboxylic acids is 1. The SMILES string of the molecule is NN[C@@](O)(CCO)C(=O)O. The van der Waals surface area contributed by atoms with Crippen LogP contribution in [0.25, 0.3) is 0 Å². The molecule has 0 fully saturated rings. The molecule has 6 nitrogen and oxygen atoms in total. The van der Waals surface area contributed by atoms with Gasteiger partial charge in [0.05, 0.1) is 0 Å². The molecule has 0 heterocycles. The minimum atomic E-state index is -2.21. The normalized spacial score (nSPS) is 16.3. The van der Waals surface area contributed by atoms with Crippen LogP contribution in [-0.2, 0) is 4.79 Å². The molecule has 60 valence electrons. The van der Waals surface area contributed by atoms with Gasteiger partial charge in [-0.25, -0.2) is 10.2 Å². The molecule has 0 aliphatic rings. The van der Waals surface area contributed by atoms with Gasteiger partial charge in [0.1, 0.15) is 0 Å². The van der Waals surface area contributed by atoms with Crippen LogP contribution in [-0.4, -0.2) is 33.6 Å². The molecule has 0 bridgehead atoms. The summed E-state index contributed by atoms with van der Waals surface area (Å²) >= 11 is 0. The van der Waals surface area contributed by atoms with Gasteiger partial charge in [-0.05, 0) is 0 Å². The van der Waals surface area contributed by atoms with Crippen LogP contribution in [0.5, 0.6) is 0 Å². The monoisotopic (exact) mass is 150 g/mol. The highest BCUT2D eigenvalue weighted by Gasteiger charge is 2.33. The van der Waals surface area contributed by atoms with Gasteiger partial charge in [-0.3, -0.25) is 5.84 Å². The number of rotatable bonds is 4. The molecule has 0 rings (SSSR count). The second-order valence-corrected chi connectivity index (χ2v) is 1.78. The van der Waals surface area contributed by atoms with Crippen LogP contribution in [0.4, 0.5) is 0 Å². The maximum Gasteiger partial charge on any atom is 0.352 e. The van der Waals surface area contributed by atoms with Crippen molar-refractivity contribution < 1.29 is 20.1 Å². The number of nitrogens with one attached hydrogen (secondary N) is 1. The zero-order valence-electron chi connectivity index (χ0n) is 5.24. The molecule has 0 aromatic carbocycles. The van der Waals surface area contributed by atoms with Gasteiger partial charge >= 0.3 is 5.97 Å². The van der Waals surface area contributed by atoms with Gasteiger partial charge in [0.2, 0.25) is 5.72 Å². The smallest absolute Gasteiger partial charge is 0.352 e. The van der Waals surface area contributed by atoms with E-state index < -0.39 is 18.3 Å². The topological polar surface area (TPSA) is 116 Å². The van der Waals surface area contributed by atoms with Crippen molar-refractivity contribution in [2.24, 2.45) is 5.84 Å². The molecule has 0 saturated heterocycles. The van der Waals surface area contributed by atoms with E-state index in [-0.39, 0.29) is 6.42 Å². The number of aliphatic carboxylic acids is 1. The highest BCUT2D eigenvalue weighted by molar-refractivity contribution is 5.76. The van der Waals surface area contributed by atoms with Crippen molar-refractivity contribution in [3.8, 4) is 0 Å². The molecule has 0 aliphatic heterocycles. The Morgan fingerprint density at radius 1 is 1.70 bits per heavy atom. The summed E-state index contributed by atoms with van der Waals surface area (Å²) in [5.74, 6) is 3.19. The number of nitrogens with two attached hydrogens (primary N) is 1. The summed E-state index contributed by atoms with van der Waals surface area (Å²) in [5, 5.41) is 25.4. The van der Waals surface area contributed by atoms with Gasteiger partial charge < -0.3 is 15.3 Å². The van der Waals surface area contributed by atoms with Gasteiger partial charge in [0.25, 0.3) is 0 Å². The van der Waals surface area contributed by atoms with Crippen LogP contribution < -0.4 is 11.3 Å². The fraction of sp³-hybridized carbons (Fsp3) is 0.750. The van der Waals surface area contributed by atoms with Crippen molar-refractivity contribution in [3.63, 3.8) is 0 Å². The molecular weight excluding hydrogens is 140 g/mol. The fourth-order valence-corrected chi connectivity index (χ4v) is 0.403. The van der Waals surface area contributed by atoms with Crippen LogP contribution in [0.3, 0.4) is 0 Å². The molecule has 0 amide bonds. The van der Waals surface area contributed by atoms with Crippen LogP contribution >= 0.6 is 0 Å². The zero-order valence-corrected chi connectivity index (χ0v) is 5.24. The third-order valence-electron chi connectivity index (χ3n) is 1.07. The zero-order chi connectivity index (χ0) is 8.20. The Morgan fingerprint density at radius 3 is 2.30 bits per heavy atom. The van der Waals surface area contributed by atoms with Crippen molar-refractivity contribution in [2.45, 2.75) is 12.1 Å². The molecule has 0 aromatic rings. The van der Waals surface area contributed by atoms with Crippen molar-refractivity contribution in [1.82, 2.24) is 5.43 Å². The first kappa shape index (κ1) is 9.31. The Labute approximate surface area is 57.2 Å². The molecule has 0 spiro atoms. The lowest BCUT2D eigenvalue weighted by molar-refractivity contribution is -0.164. The lowest BCUT2D eigenvalue weighted by atomic mass is 10.2. The molecule has 0 aliphatic carbocycles. The summed E-state index contributed by atoms with van der Waals surface area (Å²) in [6.07, 6.45) is -0.348. The Hall–Kier alpha value is -0.690. The second-order valence-electron chi connectivity index (χ2n) is 1.78. The first-order valence-electron chi connectivity index (χ1n) is 2.61. The van der Waals surface area contributed by atoms with Gasteiger partial charge in [-0.15, -0.1) is 0 Å². The number of hydrazine groups is 1. The fourth-order valence-electron chi connectivity index (χ4n) is 0.403. The molecular formula is C4H10N2O4. The molecule has 0 radical (unpaired) electrons. The average molecular weight is 150 g/mol. The highest BCUT2D eigenvalue weighted by Crippen LogP contribution is 2.02. The lowest BCUT2D eigenvalue weighted by Crippen LogP contribution is -2.55. The molecule has 0 aromatic heterocycles. The van der Waals surface area contributed by atoms with Gasteiger partial charge in [0, 0.05) is 13.0 Å². The Balaban J connectivity index is 4.08. The van der Waals surface area contributed by atoms with E-state index in [9.17, 15) is 4.79 Å². The Kier molecular flexibility index (Phi) is 3.23. The summed E-state index contributed by atoms with van der Waals surface area (Å²) in [7, 11) is 0. The van der Waals surface area contributed by atoms with E-state index in [1.54, 1.807) is 5.43 Å². The summed E-state index contributed by atoms with van der Waals surface area (Å²) in [4.78, 5) is 10.1. The van der Waals surface area contributed by atoms with E-state index in [4.69, 9.17) is 21.2 Å². The number of carbonyl (C=O) groups is 1. The maximum atomic E-state index is 10.1. The van der Waals surface area contributed by atoms with Gasteiger partial charge in [0.15, 0.2) is 0 Å².